The summed E-state index contributed by atoms with van der Waals surface area (Å²) in [4.78, 5) is 12.4. The second kappa shape index (κ2) is 8.54. The molecule has 0 atom stereocenters. The molecule has 4 heteroatoms. The van der Waals surface area contributed by atoms with Crippen molar-refractivity contribution in [3.05, 3.63) is 0 Å². The van der Waals surface area contributed by atoms with Gasteiger partial charge in [0.05, 0.1) is 6.61 Å². The molecule has 0 heterocycles. The molecule has 1 rings (SSSR count). The van der Waals surface area contributed by atoms with Crippen LogP contribution in [-0.2, 0) is 9.53 Å². The summed E-state index contributed by atoms with van der Waals surface area (Å²) in [6.45, 7) is 6.95. The topological polar surface area (TPSA) is 64.3 Å². The number of nitrogens with one attached hydrogen (secondary N) is 1. The van der Waals surface area contributed by atoms with E-state index in [9.17, 15) is 4.79 Å². The van der Waals surface area contributed by atoms with Crippen LogP contribution in [-0.4, -0.2) is 32.2 Å². The van der Waals surface area contributed by atoms with Crippen LogP contribution in [0.15, 0.2) is 0 Å². The van der Waals surface area contributed by atoms with E-state index in [-0.39, 0.29) is 11.3 Å². The van der Waals surface area contributed by atoms with Crippen molar-refractivity contribution >= 4 is 5.91 Å². The minimum absolute atomic E-state index is 0.0910. The number of ether oxygens (including phenoxy) is 1. The summed E-state index contributed by atoms with van der Waals surface area (Å²) in [6.07, 6.45) is 6.38. The molecule has 0 aromatic rings. The predicted octanol–water partition coefficient (Wildman–Crippen LogP) is 2.07. The van der Waals surface area contributed by atoms with Crippen LogP contribution >= 0.6 is 0 Å². The number of nitrogens with two attached hydrogens (primary N) is 1. The maximum Gasteiger partial charge on any atom is 0.226 e. The number of hydrogen-bond acceptors (Lipinski definition) is 3. The van der Waals surface area contributed by atoms with Gasteiger partial charge in [0, 0.05) is 25.1 Å². The van der Waals surface area contributed by atoms with Crippen LogP contribution < -0.4 is 11.1 Å². The molecular formula is C15H30N2O2. The van der Waals surface area contributed by atoms with E-state index in [4.69, 9.17) is 10.5 Å². The number of amides is 1. The minimum Gasteiger partial charge on any atom is -0.380 e. The van der Waals surface area contributed by atoms with Gasteiger partial charge in [0.1, 0.15) is 0 Å². The van der Waals surface area contributed by atoms with E-state index in [1.165, 1.54) is 12.8 Å². The lowest BCUT2D eigenvalue weighted by atomic mass is 9.77. The molecule has 0 aliphatic heterocycles. The van der Waals surface area contributed by atoms with Crippen LogP contribution in [0.1, 0.15) is 52.4 Å². The molecule has 4 nitrogen and oxygen atoms in total. The van der Waals surface area contributed by atoms with E-state index in [1.807, 2.05) is 0 Å². The van der Waals surface area contributed by atoms with Gasteiger partial charge < -0.3 is 15.8 Å². The van der Waals surface area contributed by atoms with E-state index >= 15 is 0 Å². The van der Waals surface area contributed by atoms with Gasteiger partial charge in [-0.1, -0.05) is 26.7 Å². The Balaban J connectivity index is 2.29. The van der Waals surface area contributed by atoms with Gasteiger partial charge in [-0.05, 0) is 31.6 Å². The summed E-state index contributed by atoms with van der Waals surface area (Å²) in [7, 11) is 0. The first-order valence-electron chi connectivity index (χ1n) is 7.67. The van der Waals surface area contributed by atoms with Crippen molar-refractivity contribution in [1.29, 1.82) is 0 Å². The highest BCUT2D eigenvalue weighted by Gasteiger charge is 2.40. The van der Waals surface area contributed by atoms with Crippen molar-refractivity contribution in [2.24, 2.45) is 17.1 Å². The third kappa shape index (κ3) is 5.49. The van der Waals surface area contributed by atoms with Crippen molar-refractivity contribution in [2.45, 2.75) is 52.4 Å². The van der Waals surface area contributed by atoms with E-state index in [0.29, 0.717) is 32.2 Å². The number of rotatable bonds is 9. The Morgan fingerprint density at radius 1 is 1.32 bits per heavy atom. The summed E-state index contributed by atoms with van der Waals surface area (Å²) in [5.74, 6) is 0.842. The van der Waals surface area contributed by atoms with Crippen molar-refractivity contribution in [3.63, 3.8) is 0 Å². The second-order valence-electron chi connectivity index (χ2n) is 6.10. The van der Waals surface area contributed by atoms with E-state index in [0.717, 1.165) is 25.7 Å². The second-order valence-corrected chi connectivity index (χ2v) is 6.10. The first kappa shape index (κ1) is 16.4. The zero-order chi connectivity index (χ0) is 14.1. The average Bonchev–Trinajstić information content (AvgIpc) is 2.82. The van der Waals surface area contributed by atoms with Crippen LogP contribution in [0.2, 0.25) is 0 Å². The average molecular weight is 270 g/mol. The Labute approximate surface area is 117 Å². The maximum absolute atomic E-state index is 12.4. The van der Waals surface area contributed by atoms with Gasteiger partial charge in [-0.15, -0.1) is 0 Å². The number of carbonyl (C=O) groups excluding carboxylic acids is 1. The Morgan fingerprint density at radius 2 is 2.00 bits per heavy atom. The number of hydrogen-bond donors (Lipinski definition) is 2. The van der Waals surface area contributed by atoms with E-state index in [2.05, 4.69) is 19.2 Å². The quantitative estimate of drug-likeness (QED) is 0.630. The Kier molecular flexibility index (Phi) is 7.39. The Morgan fingerprint density at radius 3 is 2.58 bits per heavy atom. The molecule has 112 valence electrons. The van der Waals surface area contributed by atoms with Gasteiger partial charge in [0.25, 0.3) is 0 Å². The SMILES string of the molecule is CC(C)CC1(C(=O)NCCCOCCN)CCCC1. The lowest BCUT2D eigenvalue weighted by Crippen LogP contribution is -2.40. The summed E-state index contributed by atoms with van der Waals surface area (Å²) < 4.78 is 5.30. The molecule has 1 amide bonds. The summed E-state index contributed by atoms with van der Waals surface area (Å²) in [6, 6.07) is 0. The third-order valence-electron chi connectivity index (χ3n) is 3.85. The fraction of sp³-hybridized carbons (Fsp3) is 0.933. The highest BCUT2D eigenvalue weighted by molar-refractivity contribution is 5.82. The molecule has 0 saturated heterocycles. The standard InChI is InChI=1S/C15H30N2O2/c1-13(2)12-15(6-3-4-7-15)14(18)17-9-5-10-19-11-8-16/h13H,3-12,16H2,1-2H3,(H,17,18). The molecule has 1 saturated carbocycles. The van der Waals surface area contributed by atoms with Crippen LogP contribution in [0.3, 0.4) is 0 Å². The Hall–Kier alpha value is -0.610. The molecule has 1 aliphatic carbocycles. The monoisotopic (exact) mass is 270 g/mol. The highest BCUT2D eigenvalue weighted by atomic mass is 16.5. The number of carbonyl (C=O) groups is 1. The van der Waals surface area contributed by atoms with Crippen molar-refractivity contribution in [3.8, 4) is 0 Å². The largest absolute Gasteiger partial charge is 0.380 e. The summed E-state index contributed by atoms with van der Waals surface area (Å²) in [5, 5.41) is 3.10. The fourth-order valence-electron chi connectivity index (χ4n) is 3.11. The van der Waals surface area contributed by atoms with Crippen molar-refractivity contribution < 1.29 is 9.53 Å². The third-order valence-corrected chi connectivity index (χ3v) is 3.85. The summed E-state index contributed by atoms with van der Waals surface area (Å²) in [5.41, 5.74) is 5.25. The lowest BCUT2D eigenvalue weighted by Gasteiger charge is -2.29. The molecule has 19 heavy (non-hydrogen) atoms. The van der Waals surface area contributed by atoms with Gasteiger partial charge in [0.2, 0.25) is 5.91 Å². The molecule has 0 spiro atoms. The maximum atomic E-state index is 12.4. The molecule has 0 aromatic heterocycles. The lowest BCUT2D eigenvalue weighted by molar-refractivity contribution is -0.131. The first-order chi connectivity index (χ1) is 9.10. The van der Waals surface area contributed by atoms with Crippen LogP contribution in [0.5, 0.6) is 0 Å². The van der Waals surface area contributed by atoms with Gasteiger partial charge in [-0.2, -0.15) is 0 Å². The first-order valence-corrected chi connectivity index (χ1v) is 7.67. The van der Waals surface area contributed by atoms with Crippen molar-refractivity contribution in [2.75, 3.05) is 26.3 Å². The molecule has 1 aliphatic rings. The van der Waals surface area contributed by atoms with Crippen LogP contribution in [0.4, 0.5) is 0 Å². The van der Waals surface area contributed by atoms with Gasteiger partial charge in [0.15, 0.2) is 0 Å². The van der Waals surface area contributed by atoms with Gasteiger partial charge >= 0.3 is 0 Å². The molecule has 3 N–H and O–H groups in total. The molecule has 0 unspecified atom stereocenters. The van der Waals surface area contributed by atoms with Crippen molar-refractivity contribution in [1.82, 2.24) is 5.32 Å². The predicted molar refractivity (Wildman–Crippen MR) is 77.9 cm³/mol. The zero-order valence-corrected chi connectivity index (χ0v) is 12.5. The molecule has 0 bridgehead atoms. The summed E-state index contributed by atoms with van der Waals surface area (Å²) >= 11 is 0. The molecule has 0 radical (unpaired) electrons. The normalized spacial score (nSPS) is 17.9. The highest BCUT2D eigenvalue weighted by Crippen LogP contribution is 2.43. The molecule has 0 aromatic carbocycles. The van der Waals surface area contributed by atoms with Crippen LogP contribution in [0.25, 0.3) is 0 Å². The van der Waals surface area contributed by atoms with Gasteiger partial charge in [-0.3, -0.25) is 4.79 Å². The van der Waals surface area contributed by atoms with Gasteiger partial charge in [-0.25, -0.2) is 0 Å². The molecule has 1 fully saturated rings. The molecular weight excluding hydrogens is 240 g/mol. The Bertz CT molecular complexity index is 261. The van der Waals surface area contributed by atoms with Crippen LogP contribution in [0, 0.1) is 11.3 Å². The smallest absolute Gasteiger partial charge is 0.226 e. The minimum atomic E-state index is -0.0910. The van der Waals surface area contributed by atoms with E-state index in [1.54, 1.807) is 0 Å². The zero-order valence-electron chi connectivity index (χ0n) is 12.5. The fourth-order valence-corrected chi connectivity index (χ4v) is 3.11. The van der Waals surface area contributed by atoms with E-state index < -0.39 is 0 Å².